The zero-order valence-electron chi connectivity index (χ0n) is 13.3. The first-order chi connectivity index (χ1) is 9.09. The number of nitrogens with zero attached hydrogens (tertiary/aromatic N) is 2. The van der Waals surface area contributed by atoms with Crippen molar-refractivity contribution in [2.45, 2.75) is 64.7 Å². The van der Waals surface area contributed by atoms with Crippen molar-refractivity contribution in [2.24, 2.45) is 0 Å². The van der Waals surface area contributed by atoms with Crippen molar-refractivity contribution in [3.8, 4) is 0 Å². The Balaban J connectivity index is 2.19. The Morgan fingerprint density at radius 1 is 1.25 bits per heavy atom. The first-order valence-corrected chi connectivity index (χ1v) is 7.11. The van der Waals surface area contributed by atoms with E-state index in [4.69, 9.17) is 14.4 Å². The molecule has 0 atom stereocenters. The molecule has 0 amide bonds. The molecule has 0 bridgehead atoms. The first kappa shape index (κ1) is 15.5. The fourth-order valence-corrected chi connectivity index (χ4v) is 2.16. The zero-order valence-corrected chi connectivity index (χ0v) is 13.3. The van der Waals surface area contributed by atoms with Crippen LogP contribution in [0.15, 0.2) is 12.4 Å². The summed E-state index contributed by atoms with van der Waals surface area (Å²) < 4.78 is 13.9. The second kappa shape index (κ2) is 4.86. The van der Waals surface area contributed by atoms with Gasteiger partial charge in [0.2, 0.25) is 0 Å². The van der Waals surface area contributed by atoms with Crippen LogP contribution in [0.4, 0.5) is 0 Å². The second-order valence-electron chi connectivity index (χ2n) is 7.09. The van der Waals surface area contributed by atoms with Crippen LogP contribution < -0.4 is 5.46 Å². The summed E-state index contributed by atoms with van der Waals surface area (Å²) in [7, 11) is -0.390. The van der Waals surface area contributed by atoms with Crippen LogP contribution in [0.2, 0.25) is 0 Å². The Morgan fingerprint density at radius 3 is 2.30 bits per heavy atom. The molecule has 2 rings (SSSR count). The van der Waals surface area contributed by atoms with Gasteiger partial charge in [0.15, 0.2) is 0 Å². The second-order valence-corrected chi connectivity index (χ2v) is 7.09. The molecule has 112 valence electrons. The number of aliphatic hydroxyl groups is 1. The van der Waals surface area contributed by atoms with E-state index in [-0.39, 0.29) is 23.3 Å². The summed E-state index contributed by atoms with van der Waals surface area (Å²) in [5.74, 6) is 0. The van der Waals surface area contributed by atoms with Crippen molar-refractivity contribution in [1.82, 2.24) is 9.78 Å². The summed E-state index contributed by atoms with van der Waals surface area (Å²) in [6.45, 7) is 12.4. The molecule has 1 aliphatic heterocycles. The quantitative estimate of drug-likeness (QED) is 0.845. The van der Waals surface area contributed by atoms with Crippen molar-refractivity contribution in [2.75, 3.05) is 6.61 Å². The highest BCUT2D eigenvalue weighted by Crippen LogP contribution is 2.36. The van der Waals surface area contributed by atoms with Crippen LogP contribution in [-0.4, -0.2) is 39.8 Å². The van der Waals surface area contributed by atoms with Gasteiger partial charge in [-0.25, -0.2) is 0 Å². The van der Waals surface area contributed by atoms with Gasteiger partial charge in [-0.2, -0.15) is 5.10 Å². The van der Waals surface area contributed by atoms with E-state index >= 15 is 0 Å². The molecule has 1 N–H and O–H groups in total. The first-order valence-electron chi connectivity index (χ1n) is 7.11. The molecule has 1 fully saturated rings. The minimum Gasteiger partial charge on any atom is -0.399 e. The predicted molar refractivity (Wildman–Crippen MR) is 79.0 cm³/mol. The van der Waals surface area contributed by atoms with Gasteiger partial charge in [0.25, 0.3) is 0 Å². The molecule has 1 aliphatic rings. The van der Waals surface area contributed by atoms with Gasteiger partial charge >= 0.3 is 7.12 Å². The van der Waals surface area contributed by atoms with Crippen molar-refractivity contribution in [1.29, 1.82) is 0 Å². The number of hydrogen-bond acceptors (Lipinski definition) is 4. The van der Waals surface area contributed by atoms with Gasteiger partial charge in [0.1, 0.15) is 0 Å². The number of aliphatic hydroxyl groups excluding tert-OH is 1. The maximum Gasteiger partial charge on any atom is 0.498 e. The van der Waals surface area contributed by atoms with E-state index < -0.39 is 7.12 Å². The molecule has 0 unspecified atom stereocenters. The summed E-state index contributed by atoms with van der Waals surface area (Å²) in [5.41, 5.74) is -0.00751. The fourth-order valence-electron chi connectivity index (χ4n) is 2.16. The van der Waals surface area contributed by atoms with Gasteiger partial charge in [-0.3, -0.25) is 4.68 Å². The number of hydrogen-bond donors (Lipinski definition) is 1. The molecule has 1 aromatic rings. The van der Waals surface area contributed by atoms with Gasteiger partial charge in [-0.15, -0.1) is 0 Å². The fraction of sp³-hybridized carbons (Fsp3) is 0.786. The number of rotatable bonds is 4. The highest BCUT2D eigenvalue weighted by Gasteiger charge is 2.52. The Bertz CT molecular complexity index is 467. The lowest BCUT2D eigenvalue weighted by molar-refractivity contribution is 0.00578. The summed E-state index contributed by atoms with van der Waals surface area (Å²) >= 11 is 0. The predicted octanol–water partition coefficient (Wildman–Crippen LogP) is 1.30. The van der Waals surface area contributed by atoms with E-state index in [1.54, 1.807) is 6.20 Å². The van der Waals surface area contributed by atoms with E-state index in [1.165, 1.54) is 0 Å². The monoisotopic (exact) mass is 280 g/mol. The van der Waals surface area contributed by atoms with E-state index in [0.29, 0.717) is 6.42 Å². The smallest absolute Gasteiger partial charge is 0.399 e. The molecule has 0 radical (unpaired) electrons. The minimum absolute atomic E-state index is 0.138. The highest BCUT2D eigenvalue weighted by molar-refractivity contribution is 6.62. The maximum absolute atomic E-state index is 9.13. The normalized spacial score (nSPS) is 21.4. The van der Waals surface area contributed by atoms with Gasteiger partial charge in [-0.05, 0) is 48.0 Å². The van der Waals surface area contributed by atoms with Crippen molar-refractivity contribution < 1.29 is 14.4 Å². The molecule has 0 saturated carbocycles. The van der Waals surface area contributed by atoms with Crippen molar-refractivity contribution in [3.63, 3.8) is 0 Å². The van der Waals surface area contributed by atoms with Gasteiger partial charge in [-0.1, -0.05) is 0 Å². The lowest BCUT2D eigenvalue weighted by atomic mass is 9.82. The number of aromatic nitrogens is 2. The maximum atomic E-state index is 9.13. The Kier molecular flexibility index (Phi) is 3.78. The van der Waals surface area contributed by atoms with Crippen molar-refractivity contribution >= 4 is 12.6 Å². The lowest BCUT2D eigenvalue weighted by Crippen LogP contribution is -2.41. The minimum atomic E-state index is -0.390. The van der Waals surface area contributed by atoms with Gasteiger partial charge in [0, 0.05) is 24.5 Å². The SMILES string of the molecule is CC(C)(CCO)n1cc(B2OC(C)(C)C(C)(C)O2)cn1. The summed E-state index contributed by atoms with van der Waals surface area (Å²) in [5, 5.41) is 13.5. The molecule has 0 aromatic carbocycles. The van der Waals surface area contributed by atoms with E-state index in [9.17, 15) is 0 Å². The zero-order chi connectivity index (χ0) is 15.2. The Hall–Kier alpha value is -0.845. The van der Waals surface area contributed by atoms with E-state index in [2.05, 4.69) is 5.10 Å². The average Bonchev–Trinajstić information content (AvgIpc) is 2.83. The Labute approximate surface area is 121 Å². The summed E-state index contributed by atoms with van der Waals surface area (Å²) in [4.78, 5) is 0. The van der Waals surface area contributed by atoms with Gasteiger partial charge < -0.3 is 14.4 Å². The van der Waals surface area contributed by atoms with E-state index in [1.807, 2.05) is 52.4 Å². The third-order valence-corrected chi connectivity index (χ3v) is 4.47. The van der Waals surface area contributed by atoms with Crippen LogP contribution in [0.1, 0.15) is 48.0 Å². The molecule has 0 spiro atoms. The average molecular weight is 280 g/mol. The molecular formula is C14H25BN2O3. The Morgan fingerprint density at radius 2 is 1.80 bits per heavy atom. The molecule has 6 heteroatoms. The van der Waals surface area contributed by atoms with Crippen LogP contribution in [0, 0.1) is 0 Å². The molecule has 0 aliphatic carbocycles. The van der Waals surface area contributed by atoms with Crippen LogP contribution >= 0.6 is 0 Å². The lowest BCUT2D eigenvalue weighted by Gasteiger charge is -2.32. The molecule has 1 aromatic heterocycles. The van der Waals surface area contributed by atoms with Gasteiger partial charge in [0.05, 0.1) is 16.7 Å². The summed E-state index contributed by atoms with van der Waals surface area (Å²) in [6, 6.07) is 0. The van der Waals surface area contributed by atoms with Crippen molar-refractivity contribution in [3.05, 3.63) is 12.4 Å². The summed E-state index contributed by atoms with van der Waals surface area (Å²) in [6.07, 6.45) is 4.37. The molecule has 1 saturated heterocycles. The molecule has 2 heterocycles. The van der Waals surface area contributed by atoms with Crippen LogP contribution in [0.25, 0.3) is 0 Å². The topological polar surface area (TPSA) is 56.5 Å². The standard InChI is InChI=1S/C14H25BN2O3/c1-12(2,7-8-18)17-10-11(9-16-17)15-19-13(3,4)14(5,6)20-15/h9-10,18H,7-8H2,1-6H3. The molecular weight excluding hydrogens is 255 g/mol. The van der Waals surface area contributed by atoms with Crippen LogP contribution in [0.5, 0.6) is 0 Å². The third kappa shape index (κ3) is 2.64. The van der Waals surface area contributed by atoms with E-state index in [0.717, 1.165) is 5.46 Å². The van der Waals surface area contributed by atoms with Crippen LogP contribution in [-0.2, 0) is 14.8 Å². The largest absolute Gasteiger partial charge is 0.498 e. The third-order valence-electron chi connectivity index (χ3n) is 4.47. The molecule has 20 heavy (non-hydrogen) atoms. The molecule has 5 nitrogen and oxygen atoms in total. The highest BCUT2D eigenvalue weighted by atomic mass is 16.7. The van der Waals surface area contributed by atoms with Crippen LogP contribution in [0.3, 0.4) is 0 Å².